The van der Waals surface area contributed by atoms with Gasteiger partial charge < -0.3 is 20.4 Å². The van der Waals surface area contributed by atoms with E-state index in [-0.39, 0.29) is 11.7 Å². The van der Waals surface area contributed by atoms with E-state index in [0.29, 0.717) is 21.5 Å². The number of methoxy groups -OCH3 is 1. The number of oxime groups is 1. The third-order valence-electron chi connectivity index (χ3n) is 2.83. The molecule has 0 saturated carbocycles. The summed E-state index contributed by atoms with van der Waals surface area (Å²) in [6.45, 7) is 1.82. The molecule has 0 aliphatic heterocycles. The van der Waals surface area contributed by atoms with Crippen LogP contribution in [0.4, 0.5) is 0 Å². The standard InChI is InChI=1S/C14H14BrN3O3/c1-8-5-6-17-14(12(8)13(16)18-19)21-11-4-3-9(20-2)7-10(11)15/h3-7,19H,1-2H3,(H2,16,18). The van der Waals surface area contributed by atoms with Crippen LogP contribution >= 0.6 is 15.9 Å². The fourth-order valence-corrected chi connectivity index (χ4v) is 2.21. The minimum Gasteiger partial charge on any atom is -0.497 e. The Kier molecular flexibility index (Phi) is 4.64. The molecule has 110 valence electrons. The van der Waals surface area contributed by atoms with E-state index < -0.39 is 0 Å². The fraction of sp³-hybridized carbons (Fsp3) is 0.143. The van der Waals surface area contributed by atoms with Gasteiger partial charge >= 0.3 is 0 Å². The number of nitrogens with two attached hydrogens (primary N) is 1. The number of rotatable bonds is 4. The molecule has 0 bridgehead atoms. The molecular formula is C14H14BrN3O3. The van der Waals surface area contributed by atoms with Gasteiger partial charge in [-0.1, -0.05) is 5.16 Å². The average Bonchev–Trinajstić information content (AvgIpc) is 2.48. The van der Waals surface area contributed by atoms with Gasteiger partial charge in [-0.05, 0) is 52.7 Å². The lowest BCUT2D eigenvalue weighted by atomic mass is 10.1. The number of amidine groups is 1. The Hall–Kier alpha value is -2.28. The van der Waals surface area contributed by atoms with Crippen molar-refractivity contribution >= 4 is 21.8 Å². The van der Waals surface area contributed by atoms with Gasteiger partial charge in [0.2, 0.25) is 5.88 Å². The molecule has 0 saturated heterocycles. The largest absolute Gasteiger partial charge is 0.497 e. The Balaban J connectivity index is 2.43. The van der Waals surface area contributed by atoms with E-state index in [1.807, 2.05) is 6.92 Å². The lowest BCUT2D eigenvalue weighted by Gasteiger charge is -2.12. The van der Waals surface area contributed by atoms with Crippen LogP contribution in [0.15, 0.2) is 40.1 Å². The van der Waals surface area contributed by atoms with Crippen LogP contribution in [0.5, 0.6) is 17.4 Å². The second-order valence-corrected chi connectivity index (χ2v) is 5.05. The predicted octanol–water partition coefficient (Wildman–Crippen LogP) is 3.05. The highest BCUT2D eigenvalue weighted by Gasteiger charge is 2.15. The summed E-state index contributed by atoms with van der Waals surface area (Å²) in [6, 6.07) is 7.03. The number of hydrogen-bond donors (Lipinski definition) is 2. The summed E-state index contributed by atoms with van der Waals surface area (Å²) in [6.07, 6.45) is 1.59. The molecule has 0 spiro atoms. The maximum Gasteiger partial charge on any atom is 0.230 e. The van der Waals surface area contributed by atoms with Gasteiger partial charge in [0.05, 0.1) is 17.1 Å². The highest BCUT2D eigenvalue weighted by Crippen LogP contribution is 2.33. The van der Waals surface area contributed by atoms with Gasteiger partial charge in [-0.25, -0.2) is 4.98 Å². The first-order valence-corrected chi connectivity index (χ1v) is 6.81. The summed E-state index contributed by atoms with van der Waals surface area (Å²) in [5.74, 6) is 1.44. The van der Waals surface area contributed by atoms with Crippen molar-refractivity contribution in [2.75, 3.05) is 7.11 Å². The van der Waals surface area contributed by atoms with Crippen molar-refractivity contribution in [3.8, 4) is 17.4 Å². The van der Waals surface area contributed by atoms with Crippen molar-refractivity contribution < 1.29 is 14.7 Å². The van der Waals surface area contributed by atoms with Crippen LogP contribution in [0.3, 0.4) is 0 Å². The number of halogens is 1. The van der Waals surface area contributed by atoms with E-state index in [1.54, 1.807) is 37.6 Å². The molecule has 7 heteroatoms. The second kappa shape index (κ2) is 6.45. The minimum absolute atomic E-state index is 0.0553. The Morgan fingerprint density at radius 3 is 2.76 bits per heavy atom. The predicted molar refractivity (Wildman–Crippen MR) is 82.3 cm³/mol. The number of nitrogens with zero attached hydrogens (tertiary/aromatic N) is 2. The summed E-state index contributed by atoms with van der Waals surface area (Å²) >= 11 is 3.40. The van der Waals surface area contributed by atoms with Crippen LogP contribution in [0.2, 0.25) is 0 Å². The monoisotopic (exact) mass is 351 g/mol. The average molecular weight is 352 g/mol. The molecule has 1 aromatic heterocycles. The lowest BCUT2D eigenvalue weighted by Crippen LogP contribution is -2.16. The summed E-state index contributed by atoms with van der Waals surface area (Å²) in [7, 11) is 1.58. The molecule has 1 aromatic carbocycles. The van der Waals surface area contributed by atoms with Crippen LogP contribution in [0.25, 0.3) is 0 Å². The first-order chi connectivity index (χ1) is 10.1. The van der Waals surface area contributed by atoms with Crippen molar-refractivity contribution in [3.05, 3.63) is 46.1 Å². The molecule has 0 unspecified atom stereocenters. The van der Waals surface area contributed by atoms with Gasteiger partial charge in [0.15, 0.2) is 5.84 Å². The Morgan fingerprint density at radius 2 is 2.14 bits per heavy atom. The molecule has 21 heavy (non-hydrogen) atoms. The molecule has 3 N–H and O–H groups in total. The van der Waals surface area contributed by atoms with Gasteiger partial charge in [-0.2, -0.15) is 0 Å². The molecule has 0 fully saturated rings. The topological polar surface area (TPSA) is 90.0 Å². The molecule has 0 aliphatic carbocycles. The van der Waals surface area contributed by atoms with Gasteiger partial charge in [0.25, 0.3) is 0 Å². The number of aryl methyl sites for hydroxylation is 1. The van der Waals surface area contributed by atoms with Crippen molar-refractivity contribution in [3.63, 3.8) is 0 Å². The second-order valence-electron chi connectivity index (χ2n) is 4.19. The van der Waals surface area contributed by atoms with Crippen LogP contribution < -0.4 is 15.2 Å². The van der Waals surface area contributed by atoms with Crippen LogP contribution in [-0.4, -0.2) is 23.1 Å². The van der Waals surface area contributed by atoms with Crippen LogP contribution in [0.1, 0.15) is 11.1 Å². The zero-order valence-corrected chi connectivity index (χ0v) is 13.1. The highest BCUT2D eigenvalue weighted by atomic mass is 79.9. The van der Waals surface area contributed by atoms with E-state index in [4.69, 9.17) is 20.4 Å². The summed E-state index contributed by atoms with van der Waals surface area (Å²) in [5.41, 5.74) is 6.92. The first kappa shape index (κ1) is 15.1. The zero-order valence-electron chi connectivity index (χ0n) is 11.5. The van der Waals surface area contributed by atoms with Gasteiger partial charge in [-0.3, -0.25) is 0 Å². The number of benzene rings is 1. The summed E-state index contributed by atoms with van der Waals surface area (Å²) in [5, 5.41) is 11.9. The van der Waals surface area contributed by atoms with Crippen molar-refractivity contribution in [2.24, 2.45) is 10.9 Å². The zero-order chi connectivity index (χ0) is 15.4. The van der Waals surface area contributed by atoms with Crippen LogP contribution in [0, 0.1) is 6.92 Å². The van der Waals surface area contributed by atoms with Crippen LogP contribution in [-0.2, 0) is 0 Å². The number of hydrogen-bond acceptors (Lipinski definition) is 5. The molecular weight excluding hydrogens is 338 g/mol. The molecule has 0 atom stereocenters. The van der Waals surface area contributed by atoms with Crippen molar-refractivity contribution in [1.29, 1.82) is 0 Å². The minimum atomic E-state index is -0.0553. The maximum atomic E-state index is 8.88. The molecule has 0 amide bonds. The quantitative estimate of drug-likeness (QED) is 0.382. The molecule has 6 nitrogen and oxygen atoms in total. The molecule has 2 rings (SSSR count). The van der Waals surface area contributed by atoms with Crippen molar-refractivity contribution in [2.45, 2.75) is 6.92 Å². The molecule has 1 heterocycles. The molecule has 0 aliphatic rings. The number of pyridine rings is 1. The smallest absolute Gasteiger partial charge is 0.230 e. The normalized spacial score (nSPS) is 11.3. The Morgan fingerprint density at radius 1 is 1.38 bits per heavy atom. The van der Waals surface area contributed by atoms with Gasteiger partial charge in [-0.15, -0.1) is 0 Å². The third kappa shape index (κ3) is 3.25. The Labute approximate surface area is 130 Å². The summed E-state index contributed by atoms with van der Waals surface area (Å²) < 4.78 is 11.6. The molecule has 0 radical (unpaired) electrons. The summed E-state index contributed by atoms with van der Waals surface area (Å²) in [4.78, 5) is 4.14. The SMILES string of the molecule is COc1ccc(Oc2nccc(C)c2/C(N)=N/O)c(Br)c1. The van der Waals surface area contributed by atoms with E-state index in [2.05, 4.69) is 26.1 Å². The van der Waals surface area contributed by atoms with E-state index in [1.165, 1.54) is 0 Å². The van der Waals surface area contributed by atoms with E-state index in [0.717, 1.165) is 5.56 Å². The highest BCUT2D eigenvalue weighted by molar-refractivity contribution is 9.10. The maximum absolute atomic E-state index is 8.88. The molecule has 2 aromatic rings. The Bertz CT molecular complexity index is 689. The van der Waals surface area contributed by atoms with E-state index in [9.17, 15) is 0 Å². The number of aromatic nitrogens is 1. The van der Waals surface area contributed by atoms with Gasteiger partial charge in [0, 0.05) is 6.20 Å². The number of ether oxygens (including phenoxy) is 2. The van der Waals surface area contributed by atoms with Gasteiger partial charge in [0.1, 0.15) is 11.5 Å². The third-order valence-corrected chi connectivity index (χ3v) is 3.45. The van der Waals surface area contributed by atoms with E-state index >= 15 is 0 Å². The lowest BCUT2D eigenvalue weighted by molar-refractivity contribution is 0.318. The fourth-order valence-electron chi connectivity index (χ4n) is 1.77. The van der Waals surface area contributed by atoms with Crippen molar-refractivity contribution in [1.82, 2.24) is 4.98 Å². The first-order valence-electron chi connectivity index (χ1n) is 6.01.